The number of ether oxygens (including phenoxy) is 1. The minimum Gasteiger partial charge on any atom is -0.478 e. The van der Waals surface area contributed by atoms with Crippen molar-refractivity contribution in [3.05, 3.63) is 23.8 Å². The summed E-state index contributed by atoms with van der Waals surface area (Å²) in [6.45, 7) is 10.5. The molecule has 1 fully saturated rings. The van der Waals surface area contributed by atoms with Crippen LogP contribution in [0.3, 0.4) is 0 Å². The van der Waals surface area contributed by atoms with Crippen molar-refractivity contribution in [1.82, 2.24) is 4.98 Å². The Morgan fingerprint density at radius 3 is 2.43 bits per heavy atom. The van der Waals surface area contributed by atoms with Crippen molar-refractivity contribution in [3.63, 3.8) is 0 Å². The second-order valence-corrected chi connectivity index (χ2v) is 6.08. The topological polar surface area (TPSA) is 66.6 Å². The quantitative estimate of drug-likeness (QED) is 0.864. The molecule has 0 bridgehead atoms. The van der Waals surface area contributed by atoms with Gasteiger partial charge in [0.25, 0.3) is 0 Å². The molecule has 2 heterocycles. The zero-order valence-corrected chi connectivity index (χ0v) is 13.3. The van der Waals surface area contributed by atoms with Crippen LogP contribution >= 0.6 is 0 Å². The Balaban J connectivity index is 2.12. The fourth-order valence-corrected chi connectivity index (χ4v) is 2.00. The Labute approximate surface area is 126 Å². The highest BCUT2D eigenvalue weighted by molar-refractivity contribution is 6.52. The van der Waals surface area contributed by atoms with Crippen LogP contribution < -0.4 is 10.5 Å². The van der Waals surface area contributed by atoms with Gasteiger partial charge in [0.2, 0.25) is 5.88 Å². The monoisotopic (exact) mass is 290 g/mol. The molecule has 0 spiro atoms. The van der Waals surface area contributed by atoms with Crippen LogP contribution in [0.1, 0.15) is 40.3 Å². The molecule has 1 aromatic heterocycles. The molecule has 1 aromatic rings. The average Bonchev–Trinajstić information content (AvgIpc) is 2.55. The van der Waals surface area contributed by atoms with Crippen LogP contribution in [0, 0.1) is 0 Å². The van der Waals surface area contributed by atoms with Gasteiger partial charge in [-0.2, -0.15) is 0 Å². The molecule has 0 amide bonds. The molecule has 1 saturated heterocycles. The van der Waals surface area contributed by atoms with Gasteiger partial charge in [0.1, 0.15) is 0 Å². The number of nitrogen functional groups attached to an aromatic ring is 1. The predicted octanol–water partition coefficient (Wildman–Crippen LogP) is 2.71. The molecule has 1 aliphatic heterocycles. The zero-order valence-electron chi connectivity index (χ0n) is 13.3. The summed E-state index contributed by atoms with van der Waals surface area (Å²) in [6.07, 6.45) is 1.83. The molecular weight excluding hydrogens is 267 g/mol. The Hall–Kier alpha value is -1.53. The van der Waals surface area contributed by atoms with E-state index in [1.165, 1.54) is 0 Å². The SMILES string of the molecule is CCOc1cc(N)cc(/C=C/B2OC(C)(C)C(C)(C)O2)n1. The van der Waals surface area contributed by atoms with E-state index in [1.54, 1.807) is 12.1 Å². The number of aromatic nitrogens is 1. The van der Waals surface area contributed by atoms with Gasteiger partial charge in [-0.05, 0) is 46.8 Å². The fourth-order valence-electron chi connectivity index (χ4n) is 2.00. The molecule has 0 aliphatic carbocycles. The number of nitrogens with two attached hydrogens (primary N) is 1. The van der Waals surface area contributed by atoms with E-state index >= 15 is 0 Å². The maximum atomic E-state index is 5.89. The summed E-state index contributed by atoms with van der Waals surface area (Å²) < 4.78 is 17.2. The summed E-state index contributed by atoms with van der Waals surface area (Å²) in [7, 11) is -0.395. The first-order valence-electron chi connectivity index (χ1n) is 7.18. The second kappa shape index (κ2) is 5.69. The highest BCUT2D eigenvalue weighted by Crippen LogP contribution is 2.37. The molecule has 0 saturated carbocycles. The van der Waals surface area contributed by atoms with E-state index in [9.17, 15) is 0 Å². The van der Waals surface area contributed by atoms with Crippen LogP contribution in [-0.2, 0) is 9.31 Å². The van der Waals surface area contributed by atoms with Crippen LogP contribution in [0.15, 0.2) is 18.1 Å². The molecule has 1 aliphatic rings. The van der Waals surface area contributed by atoms with Crippen LogP contribution in [0.2, 0.25) is 0 Å². The third kappa shape index (κ3) is 3.57. The van der Waals surface area contributed by atoms with E-state index in [0.717, 1.165) is 0 Å². The number of pyridine rings is 1. The normalized spacial score (nSPS) is 20.1. The van der Waals surface area contributed by atoms with Crippen molar-refractivity contribution in [2.24, 2.45) is 0 Å². The van der Waals surface area contributed by atoms with Crippen molar-refractivity contribution in [3.8, 4) is 5.88 Å². The van der Waals surface area contributed by atoms with E-state index in [-0.39, 0.29) is 11.2 Å². The van der Waals surface area contributed by atoms with E-state index in [0.29, 0.717) is 23.9 Å². The fraction of sp³-hybridized carbons (Fsp3) is 0.533. The molecule has 6 heteroatoms. The summed E-state index contributed by atoms with van der Waals surface area (Å²) in [6, 6.07) is 3.49. The minimum absolute atomic E-state index is 0.346. The van der Waals surface area contributed by atoms with Crippen molar-refractivity contribution in [1.29, 1.82) is 0 Å². The number of nitrogens with zero attached hydrogens (tertiary/aromatic N) is 1. The molecule has 21 heavy (non-hydrogen) atoms. The Kier molecular flexibility index (Phi) is 4.30. The standard InChI is InChI=1S/C15H23BN2O3/c1-6-19-13-10-11(17)9-12(18-13)7-8-16-20-14(2,3)15(4,5)21-16/h7-10H,6H2,1-5H3,(H2,17,18)/b8-7+. The van der Waals surface area contributed by atoms with Crippen molar-refractivity contribution < 1.29 is 14.0 Å². The molecule has 0 atom stereocenters. The van der Waals surface area contributed by atoms with Gasteiger partial charge in [-0.15, -0.1) is 0 Å². The summed E-state index contributed by atoms with van der Waals surface area (Å²) in [4.78, 5) is 4.36. The van der Waals surface area contributed by atoms with E-state index in [2.05, 4.69) is 4.98 Å². The summed E-state index contributed by atoms with van der Waals surface area (Å²) in [5.74, 6) is 2.36. The van der Waals surface area contributed by atoms with Gasteiger partial charge in [0.15, 0.2) is 0 Å². The lowest BCUT2D eigenvalue weighted by atomic mass is 9.89. The maximum Gasteiger partial charge on any atom is 0.487 e. The zero-order chi connectivity index (χ0) is 15.7. The molecule has 0 unspecified atom stereocenters. The molecule has 114 valence electrons. The highest BCUT2D eigenvalue weighted by Gasteiger charge is 2.49. The Bertz CT molecular complexity index is 528. The molecule has 5 nitrogen and oxygen atoms in total. The van der Waals surface area contributed by atoms with Crippen molar-refractivity contribution in [2.75, 3.05) is 12.3 Å². The van der Waals surface area contributed by atoms with Crippen molar-refractivity contribution in [2.45, 2.75) is 45.8 Å². The molecule has 0 radical (unpaired) electrons. The Morgan fingerprint density at radius 1 is 1.24 bits per heavy atom. The van der Waals surface area contributed by atoms with E-state index in [4.69, 9.17) is 19.8 Å². The lowest BCUT2D eigenvalue weighted by Crippen LogP contribution is -2.41. The number of anilines is 1. The van der Waals surface area contributed by atoms with E-state index in [1.807, 2.05) is 46.7 Å². The number of hydrogen-bond donors (Lipinski definition) is 1. The summed E-state index contributed by atoms with van der Waals surface area (Å²) in [5.41, 5.74) is 6.48. The number of rotatable bonds is 4. The summed E-state index contributed by atoms with van der Waals surface area (Å²) >= 11 is 0. The van der Waals surface area contributed by atoms with Gasteiger partial charge in [-0.3, -0.25) is 0 Å². The first-order chi connectivity index (χ1) is 9.73. The van der Waals surface area contributed by atoms with Gasteiger partial charge in [-0.1, -0.05) is 5.98 Å². The number of hydrogen-bond acceptors (Lipinski definition) is 5. The molecule has 0 aromatic carbocycles. The average molecular weight is 290 g/mol. The van der Waals surface area contributed by atoms with Gasteiger partial charge < -0.3 is 19.8 Å². The van der Waals surface area contributed by atoms with Gasteiger partial charge in [-0.25, -0.2) is 4.98 Å². The maximum absolute atomic E-state index is 5.89. The second-order valence-electron chi connectivity index (χ2n) is 6.08. The molecular formula is C15H23BN2O3. The molecule has 2 rings (SSSR count). The Morgan fingerprint density at radius 2 is 1.86 bits per heavy atom. The van der Waals surface area contributed by atoms with Gasteiger partial charge in [0, 0.05) is 11.8 Å². The summed E-state index contributed by atoms with van der Waals surface area (Å²) in [5, 5.41) is 0. The largest absolute Gasteiger partial charge is 0.487 e. The van der Waals surface area contributed by atoms with Crippen LogP contribution in [-0.4, -0.2) is 29.9 Å². The van der Waals surface area contributed by atoms with Crippen LogP contribution in [0.4, 0.5) is 5.69 Å². The van der Waals surface area contributed by atoms with Crippen LogP contribution in [0.5, 0.6) is 5.88 Å². The minimum atomic E-state index is -0.395. The lowest BCUT2D eigenvalue weighted by Gasteiger charge is -2.32. The van der Waals surface area contributed by atoms with Crippen molar-refractivity contribution >= 4 is 18.9 Å². The molecule has 2 N–H and O–H groups in total. The predicted molar refractivity (Wildman–Crippen MR) is 84.9 cm³/mol. The third-order valence-corrected chi connectivity index (χ3v) is 3.83. The first-order valence-corrected chi connectivity index (χ1v) is 7.18. The third-order valence-electron chi connectivity index (χ3n) is 3.83. The van der Waals surface area contributed by atoms with Gasteiger partial charge >= 0.3 is 7.12 Å². The van der Waals surface area contributed by atoms with Gasteiger partial charge in [0.05, 0.1) is 23.5 Å². The highest BCUT2D eigenvalue weighted by atomic mass is 16.7. The van der Waals surface area contributed by atoms with Crippen LogP contribution in [0.25, 0.3) is 6.08 Å². The smallest absolute Gasteiger partial charge is 0.478 e. The first kappa shape index (κ1) is 15.9. The van der Waals surface area contributed by atoms with E-state index < -0.39 is 7.12 Å². The lowest BCUT2D eigenvalue weighted by molar-refractivity contribution is 0.00578.